The summed E-state index contributed by atoms with van der Waals surface area (Å²) in [6.45, 7) is 15.2. The molecule has 3 saturated carbocycles. The number of morpholine rings is 1. The van der Waals surface area contributed by atoms with Crippen LogP contribution in [0.1, 0.15) is 113 Å². The highest BCUT2D eigenvalue weighted by molar-refractivity contribution is 6.20. The number of piperidine rings is 1. The van der Waals surface area contributed by atoms with Gasteiger partial charge in [-0.15, -0.1) is 0 Å². The Morgan fingerprint density at radius 1 is 0.959 bits per heavy atom. The monoisotopic (exact) mass is 685 g/mol. The van der Waals surface area contributed by atoms with E-state index in [1.54, 1.807) is 0 Å². The van der Waals surface area contributed by atoms with Gasteiger partial charge in [-0.3, -0.25) is 14.5 Å². The van der Waals surface area contributed by atoms with E-state index >= 15 is 4.39 Å². The van der Waals surface area contributed by atoms with Gasteiger partial charge in [0.15, 0.2) is 5.78 Å². The Kier molecular flexibility index (Phi) is 9.16. The molecule has 3 aliphatic carbocycles. The van der Waals surface area contributed by atoms with Crippen LogP contribution in [0.5, 0.6) is 0 Å². The van der Waals surface area contributed by atoms with Gasteiger partial charge >= 0.3 is 6.09 Å². The molecule has 10 nitrogen and oxygen atoms in total. The molecular weight excluding hydrogens is 625 g/mol. The molecule has 0 aromatic carbocycles. The number of alkyl carbamates (subject to hydrolysis) is 1. The first-order valence-corrected chi connectivity index (χ1v) is 19.1. The molecule has 274 valence electrons. The van der Waals surface area contributed by atoms with E-state index in [0.29, 0.717) is 31.3 Å². The summed E-state index contributed by atoms with van der Waals surface area (Å²) in [6.07, 6.45) is 8.63. The quantitative estimate of drug-likeness (QED) is 0.368. The largest absolute Gasteiger partial charge is 0.444 e. The number of fused-ring (bicyclic) bond motifs is 3. The Labute approximate surface area is 292 Å². The third-order valence-electron chi connectivity index (χ3n) is 12.6. The summed E-state index contributed by atoms with van der Waals surface area (Å²) in [4.78, 5) is 45.4. The van der Waals surface area contributed by atoms with Gasteiger partial charge < -0.3 is 30.3 Å². The van der Waals surface area contributed by atoms with Crippen LogP contribution in [0, 0.1) is 17.8 Å². The molecule has 10 atom stereocenters. The van der Waals surface area contributed by atoms with Crippen LogP contribution in [0.25, 0.3) is 0 Å². The van der Waals surface area contributed by atoms with E-state index in [0.717, 1.165) is 25.7 Å². The van der Waals surface area contributed by atoms with E-state index in [9.17, 15) is 14.4 Å². The van der Waals surface area contributed by atoms with Crippen LogP contribution in [-0.2, 0) is 19.1 Å². The van der Waals surface area contributed by atoms with Crippen molar-refractivity contribution in [2.45, 2.75) is 178 Å². The number of halogens is 1. The summed E-state index contributed by atoms with van der Waals surface area (Å²) >= 11 is 0. The van der Waals surface area contributed by atoms with Gasteiger partial charge in [0.1, 0.15) is 11.8 Å². The number of ether oxygens (including phenoxy) is 2. The van der Waals surface area contributed by atoms with E-state index in [1.807, 2.05) is 27.0 Å². The maximum atomic E-state index is 16.7. The minimum absolute atomic E-state index is 0.0622. The summed E-state index contributed by atoms with van der Waals surface area (Å²) in [5, 5.41) is 9.90. The van der Waals surface area contributed by atoms with Crippen LogP contribution >= 0.6 is 0 Å². The van der Waals surface area contributed by atoms with E-state index in [2.05, 4.69) is 53.4 Å². The fourth-order valence-corrected chi connectivity index (χ4v) is 11.2. The number of nitrogens with one attached hydrogen (secondary N) is 3. The number of rotatable bonds is 4. The van der Waals surface area contributed by atoms with Crippen molar-refractivity contribution >= 4 is 17.8 Å². The molecule has 11 heteroatoms. The average Bonchev–Trinajstić information content (AvgIpc) is 3.42. The fraction of sp³-hybridized carbons (Fsp3) is 0.868. The molecule has 4 heterocycles. The van der Waals surface area contributed by atoms with Gasteiger partial charge in [0, 0.05) is 48.4 Å². The first kappa shape index (κ1) is 35.2. The maximum absolute atomic E-state index is 16.7. The number of nitrogens with zero attached hydrogens (tertiary/aromatic N) is 2. The SMILES string of the molecule is CC1(C)CC(NC(=O)C2=CN3C4CC5CCCCC5CC4OC4C(N5CCC(NC(=O)OC(C)(C)C)C5)C(F)CC(C2=O)C43)CC(C)(C)N1. The summed E-state index contributed by atoms with van der Waals surface area (Å²) in [5.74, 6) is -0.0175. The first-order valence-electron chi connectivity index (χ1n) is 19.1. The number of likely N-dealkylation sites (tertiary alicyclic amines) is 1. The van der Waals surface area contributed by atoms with Crippen molar-refractivity contribution in [1.82, 2.24) is 25.8 Å². The fourth-order valence-electron chi connectivity index (χ4n) is 11.2. The number of amides is 2. The van der Waals surface area contributed by atoms with Gasteiger partial charge in [0.05, 0.1) is 35.9 Å². The summed E-state index contributed by atoms with van der Waals surface area (Å²) in [6, 6.07) is -1.02. The minimum atomic E-state index is -1.30. The van der Waals surface area contributed by atoms with Gasteiger partial charge in [0.2, 0.25) is 0 Å². The van der Waals surface area contributed by atoms with Gasteiger partial charge in [-0.1, -0.05) is 25.7 Å². The molecule has 0 spiro atoms. The zero-order valence-electron chi connectivity index (χ0n) is 30.7. The van der Waals surface area contributed by atoms with Gasteiger partial charge in [-0.25, -0.2) is 9.18 Å². The van der Waals surface area contributed by atoms with Crippen LogP contribution in [0.2, 0.25) is 0 Å². The molecule has 6 fully saturated rings. The molecule has 0 aromatic heterocycles. The van der Waals surface area contributed by atoms with Crippen molar-refractivity contribution in [2.24, 2.45) is 17.8 Å². The third kappa shape index (κ3) is 7.14. The zero-order chi connectivity index (χ0) is 35.0. The Balaban J connectivity index is 1.16. The van der Waals surface area contributed by atoms with Crippen LogP contribution < -0.4 is 16.0 Å². The zero-order valence-corrected chi connectivity index (χ0v) is 30.7. The molecular formula is C38H60FN5O5. The predicted molar refractivity (Wildman–Crippen MR) is 184 cm³/mol. The second kappa shape index (κ2) is 12.8. The highest BCUT2D eigenvalue weighted by Crippen LogP contribution is 2.51. The summed E-state index contributed by atoms with van der Waals surface area (Å²) < 4.78 is 29.2. The number of ketones is 1. The molecule has 49 heavy (non-hydrogen) atoms. The van der Waals surface area contributed by atoms with E-state index in [-0.39, 0.29) is 65.0 Å². The van der Waals surface area contributed by atoms with E-state index < -0.39 is 35.9 Å². The summed E-state index contributed by atoms with van der Waals surface area (Å²) in [5.41, 5.74) is -0.740. The topological polar surface area (TPSA) is 112 Å². The number of carbonyl (C=O) groups is 3. The van der Waals surface area contributed by atoms with Crippen molar-refractivity contribution in [1.29, 1.82) is 0 Å². The molecule has 0 bridgehead atoms. The van der Waals surface area contributed by atoms with Gasteiger partial charge in [-0.05, 0) is 98.8 Å². The molecule has 2 amide bonds. The van der Waals surface area contributed by atoms with Crippen LogP contribution in [-0.4, -0.2) is 106 Å². The number of hydrogen-bond acceptors (Lipinski definition) is 8. The van der Waals surface area contributed by atoms with Crippen molar-refractivity contribution in [2.75, 3.05) is 13.1 Å². The van der Waals surface area contributed by atoms with Gasteiger partial charge in [-0.2, -0.15) is 0 Å². The van der Waals surface area contributed by atoms with Gasteiger partial charge in [0.25, 0.3) is 5.91 Å². The Bertz CT molecular complexity index is 1330. The lowest BCUT2D eigenvalue weighted by Gasteiger charge is -2.61. The first-order chi connectivity index (χ1) is 23.0. The lowest BCUT2D eigenvalue weighted by molar-refractivity contribution is -0.219. The standard InChI is InChI=1S/C38H60FN5O5/c1-36(2,3)49-35(47)41-23-12-13-43(19-23)31-27(39)16-25-30-33(31)48-29-15-22-11-9-8-10-21(22)14-28(29)44(30)20-26(32(25)45)34(46)40-24-17-37(4,5)42-38(6,7)18-24/h20-25,27-31,33,42H,8-19H2,1-7H3,(H,40,46)(H,41,47). The normalized spacial score (nSPS) is 40.4. The number of Topliss-reactive ketones (excluding diaryl/α,β-unsaturated/α-hetero) is 1. The molecule has 0 aromatic rings. The molecule has 10 unspecified atom stereocenters. The number of carbonyl (C=O) groups excluding carboxylic acids is 3. The summed E-state index contributed by atoms with van der Waals surface area (Å²) in [7, 11) is 0. The van der Waals surface area contributed by atoms with Crippen LogP contribution in [0.4, 0.5) is 9.18 Å². The molecule has 7 rings (SSSR count). The van der Waals surface area contributed by atoms with Crippen molar-refractivity contribution < 1.29 is 28.2 Å². The number of alkyl halides is 1. The molecule has 0 radical (unpaired) electrons. The van der Waals surface area contributed by atoms with E-state index in [4.69, 9.17) is 9.47 Å². The Hall–Kier alpha value is -2.24. The lowest BCUT2D eigenvalue weighted by atomic mass is 9.64. The minimum Gasteiger partial charge on any atom is -0.444 e. The lowest BCUT2D eigenvalue weighted by Crippen LogP contribution is -2.73. The second-order valence-electron chi connectivity index (χ2n) is 18.8. The molecule has 7 aliphatic rings. The van der Waals surface area contributed by atoms with E-state index in [1.165, 1.54) is 25.7 Å². The molecule has 3 N–H and O–H groups in total. The molecule has 4 aliphatic heterocycles. The van der Waals surface area contributed by atoms with Crippen molar-refractivity contribution in [3.63, 3.8) is 0 Å². The predicted octanol–water partition coefficient (Wildman–Crippen LogP) is 4.61. The second-order valence-corrected chi connectivity index (χ2v) is 18.8. The third-order valence-corrected chi connectivity index (χ3v) is 12.6. The molecule has 3 saturated heterocycles. The Morgan fingerprint density at radius 3 is 2.31 bits per heavy atom. The Morgan fingerprint density at radius 2 is 1.63 bits per heavy atom. The maximum Gasteiger partial charge on any atom is 0.407 e. The van der Waals surface area contributed by atoms with Crippen LogP contribution in [0.15, 0.2) is 11.8 Å². The smallest absolute Gasteiger partial charge is 0.407 e. The van der Waals surface area contributed by atoms with Crippen molar-refractivity contribution in [3.05, 3.63) is 11.8 Å². The highest BCUT2D eigenvalue weighted by Gasteiger charge is 2.61. The average molecular weight is 686 g/mol. The van der Waals surface area contributed by atoms with Crippen LogP contribution in [0.3, 0.4) is 0 Å². The van der Waals surface area contributed by atoms with Crippen molar-refractivity contribution in [3.8, 4) is 0 Å². The highest BCUT2D eigenvalue weighted by atomic mass is 19.1. The number of hydrogen-bond donors (Lipinski definition) is 3.